The van der Waals surface area contributed by atoms with Crippen molar-refractivity contribution in [1.29, 1.82) is 0 Å². The van der Waals surface area contributed by atoms with E-state index in [9.17, 15) is 19.1 Å². The molecular formula is C10H13FN2O6. The first-order valence-corrected chi connectivity index (χ1v) is 5.53. The second kappa shape index (κ2) is 5.21. The normalized spacial score (nSPS) is 30.7. The summed E-state index contributed by atoms with van der Waals surface area (Å²) in [6, 6.07) is 0. The molecule has 106 valence electrons. The molecule has 0 amide bonds. The van der Waals surface area contributed by atoms with Crippen LogP contribution in [0.5, 0.6) is 0 Å². The number of alkyl halides is 1. The average molecular weight is 276 g/mol. The van der Waals surface area contributed by atoms with Crippen LogP contribution in [0.2, 0.25) is 0 Å². The Labute approximate surface area is 105 Å². The Bertz CT molecular complexity index is 570. The fourth-order valence-corrected chi connectivity index (χ4v) is 1.91. The number of nitrogens with zero attached hydrogens (tertiary/aromatic N) is 1. The predicted octanol–water partition coefficient (Wildman–Crippen LogP) is -2.38. The summed E-state index contributed by atoms with van der Waals surface area (Å²) in [6.45, 7) is -1.24. The van der Waals surface area contributed by atoms with Gasteiger partial charge in [-0.15, -0.1) is 0 Å². The Morgan fingerprint density at radius 2 is 2.11 bits per heavy atom. The quantitative estimate of drug-likeness (QED) is 0.488. The number of rotatable bonds is 3. The van der Waals surface area contributed by atoms with Gasteiger partial charge in [-0.2, -0.15) is 0 Å². The van der Waals surface area contributed by atoms with Gasteiger partial charge in [-0.1, -0.05) is 0 Å². The van der Waals surface area contributed by atoms with Crippen LogP contribution in [0.3, 0.4) is 0 Å². The minimum atomic E-state index is -1.94. The Morgan fingerprint density at radius 3 is 2.63 bits per heavy atom. The minimum absolute atomic E-state index is 0.141. The number of nitrogens with one attached hydrogen (secondary N) is 1. The van der Waals surface area contributed by atoms with Gasteiger partial charge in [0.05, 0.1) is 18.8 Å². The zero-order valence-electron chi connectivity index (χ0n) is 9.69. The van der Waals surface area contributed by atoms with Crippen LogP contribution in [0.4, 0.5) is 4.39 Å². The summed E-state index contributed by atoms with van der Waals surface area (Å²) in [6.07, 6.45) is -5.18. The third-order valence-electron chi connectivity index (χ3n) is 2.96. The molecular weight excluding hydrogens is 263 g/mol. The van der Waals surface area contributed by atoms with Crippen molar-refractivity contribution in [3.63, 3.8) is 0 Å². The van der Waals surface area contributed by atoms with Crippen LogP contribution in [0.25, 0.3) is 0 Å². The van der Waals surface area contributed by atoms with E-state index in [1.807, 2.05) is 4.98 Å². The highest BCUT2D eigenvalue weighted by atomic mass is 19.1. The summed E-state index contributed by atoms with van der Waals surface area (Å²) in [5.74, 6) is 0. The summed E-state index contributed by atoms with van der Waals surface area (Å²) < 4.78 is 19.6. The van der Waals surface area contributed by atoms with Gasteiger partial charge in [0.25, 0.3) is 5.56 Å². The minimum Gasteiger partial charge on any atom is -0.394 e. The molecule has 4 N–H and O–H groups in total. The number of aliphatic hydroxyl groups excluding tert-OH is 3. The average Bonchev–Trinajstić information content (AvgIpc) is 2.67. The van der Waals surface area contributed by atoms with Crippen molar-refractivity contribution >= 4 is 0 Å². The van der Waals surface area contributed by atoms with Gasteiger partial charge in [-0.05, 0) is 0 Å². The monoisotopic (exact) mass is 276 g/mol. The van der Waals surface area contributed by atoms with Gasteiger partial charge in [0.1, 0.15) is 12.2 Å². The lowest BCUT2D eigenvalue weighted by Gasteiger charge is -2.16. The number of aliphatic hydroxyl groups is 3. The molecule has 0 radical (unpaired) electrons. The standard InChI is InChI=1S/C10H13FN2O6/c11-6-7(16)5(3-15)19-9(6)13-1-4(2-14)8(17)12-10(13)18/h1,5-7,9,14-16H,2-3H2,(H,12,17,18)/t5-,6+,7-,9?/m1/s1. The van der Waals surface area contributed by atoms with E-state index in [1.54, 1.807) is 0 Å². The second-order valence-corrected chi connectivity index (χ2v) is 4.16. The van der Waals surface area contributed by atoms with Crippen LogP contribution in [-0.4, -0.2) is 49.9 Å². The van der Waals surface area contributed by atoms with Gasteiger partial charge >= 0.3 is 5.69 Å². The molecule has 2 heterocycles. The van der Waals surface area contributed by atoms with Gasteiger partial charge < -0.3 is 20.1 Å². The van der Waals surface area contributed by atoms with Crippen LogP contribution in [0, 0.1) is 0 Å². The Hall–Kier alpha value is -1.55. The molecule has 0 aromatic carbocycles. The van der Waals surface area contributed by atoms with E-state index >= 15 is 0 Å². The van der Waals surface area contributed by atoms with Crippen molar-refractivity contribution in [1.82, 2.24) is 9.55 Å². The van der Waals surface area contributed by atoms with E-state index < -0.39 is 49.1 Å². The number of hydrogen-bond donors (Lipinski definition) is 4. The van der Waals surface area contributed by atoms with E-state index in [4.69, 9.17) is 14.9 Å². The third kappa shape index (κ3) is 2.32. The lowest BCUT2D eigenvalue weighted by molar-refractivity contribution is -0.0493. The molecule has 1 saturated heterocycles. The highest BCUT2D eigenvalue weighted by molar-refractivity contribution is 5.04. The molecule has 0 aliphatic carbocycles. The topological polar surface area (TPSA) is 125 Å². The van der Waals surface area contributed by atoms with Crippen molar-refractivity contribution in [2.24, 2.45) is 0 Å². The smallest absolute Gasteiger partial charge is 0.330 e. The molecule has 2 rings (SSSR count). The van der Waals surface area contributed by atoms with E-state index in [-0.39, 0.29) is 5.56 Å². The first-order chi connectivity index (χ1) is 8.99. The van der Waals surface area contributed by atoms with Gasteiger partial charge in [0, 0.05) is 6.20 Å². The first-order valence-electron chi connectivity index (χ1n) is 5.53. The van der Waals surface area contributed by atoms with E-state index in [2.05, 4.69) is 0 Å². The molecule has 0 bridgehead atoms. The molecule has 0 spiro atoms. The zero-order valence-corrected chi connectivity index (χ0v) is 9.69. The molecule has 19 heavy (non-hydrogen) atoms. The van der Waals surface area contributed by atoms with Gasteiger partial charge in [-0.25, -0.2) is 9.18 Å². The lowest BCUT2D eigenvalue weighted by atomic mass is 10.1. The summed E-state index contributed by atoms with van der Waals surface area (Å²) in [4.78, 5) is 24.7. The summed E-state index contributed by atoms with van der Waals surface area (Å²) in [7, 11) is 0. The highest BCUT2D eigenvalue weighted by Crippen LogP contribution is 2.30. The summed E-state index contributed by atoms with van der Waals surface area (Å²) >= 11 is 0. The maximum atomic E-state index is 13.8. The Morgan fingerprint density at radius 1 is 1.42 bits per heavy atom. The fraction of sp³-hybridized carbons (Fsp3) is 0.600. The predicted molar refractivity (Wildman–Crippen MR) is 59.1 cm³/mol. The van der Waals surface area contributed by atoms with Crippen molar-refractivity contribution in [3.8, 4) is 0 Å². The zero-order chi connectivity index (χ0) is 14.2. The molecule has 1 unspecified atom stereocenters. The van der Waals surface area contributed by atoms with E-state index in [1.165, 1.54) is 0 Å². The number of H-pyrrole nitrogens is 1. The molecule has 1 aromatic heterocycles. The highest BCUT2D eigenvalue weighted by Gasteiger charge is 2.45. The van der Waals surface area contributed by atoms with Crippen molar-refractivity contribution < 1.29 is 24.4 Å². The Balaban J connectivity index is 2.43. The molecule has 9 heteroatoms. The van der Waals surface area contributed by atoms with Gasteiger partial charge in [-0.3, -0.25) is 14.3 Å². The molecule has 1 fully saturated rings. The van der Waals surface area contributed by atoms with Crippen molar-refractivity contribution in [2.75, 3.05) is 6.61 Å². The van der Waals surface area contributed by atoms with E-state index in [0.717, 1.165) is 10.8 Å². The maximum absolute atomic E-state index is 13.8. The number of halogens is 1. The number of aromatic nitrogens is 2. The third-order valence-corrected chi connectivity index (χ3v) is 2.96. The number of hydrogen-bond acceptors (Lipinski definition) is 6. The van der Waals surface area contributed by atoms with Crippen LogP contribution in [0.15, 0.2) is 15.8 Å². The summed E-state index contributed by atoms with van der Waals surface area (Å²) in [5.41, 5.74) is -1.85. The molecule has 4 atom stereocenters. The maximum Gasteiger partial charge on any atom is 0.330 e. The van der Waals surface area contributed by atoms with Gasteiger partial charge in [0.2, 0.25) is 0 Å². The Kier molecular flexibility index (Phi) is 3.80. The van der Waals surface area contributed by atoms with Crippen LogP contribution in [-0.2, 0) is 11.3 Å². The fourth-order valence-electron chi connectivity index (χ4n) is 1.91. The molecule has 0 saturated carbocycles. The second-order valence-electron chi connectivity index (χ2n) is 4.16. The number of ether oxygens (including phenoxy) is 1. The molecule has 1 aromatic rings. The van der Waals surface area contributed by atoms with Crippen LogP contribution < -0.4 is 11.2 Å². The summed E-state index contributed by atoms with van der Waals surface area (Å²) in [5, 5.41) is 27.3. The lowest BCUT2D eigenvalue weighted by Crippen LogP contribution is -2.37. The van der Waals surface area contributed by atoms with Crippen LogP contribution >= 0.6 is 0 Å². The van der Waals surface area contributed by atoms with Gasteiger partial charge in [0.15, 0.2) is 12.4 Å². The first kappa shape index (κ1) is 13.9. The van der Waals surface area contributed by atoms with Crippen molar-refractivity contribution in [3.05, 3.63) is 32.6 Å². The molecule has 8 nitrogen and oxygen atoms in total. The van der Waals surface area contributed by atoms with Crippen molar-refractivity contribution in [2.45, 2.75) is 31.2 Å². The molecule has 1 aliphatic heterocycles. The van der Waals surface area contributed by atoms with E-state index in [0.29, 0.717) is 0 Å². The molecule has 1 aliphatic rings. The SMILES string of the molecule is O=c1[nH]c(=O)n(C2O[C@H](CO)[C@@H](O)[C@@H]2F)cc1CO. The number of aromatic amines is 1. The largest absolute Gasteiger partial charge is 0.394 e. The van der Waals surface area contributed by atoms with Crippen LogP contribution in [0.1, 0.15) is 11.8 Å².